The van der Waals surface area contributed by atoms with Crippen LogP contribution in [-0.4, -0.2) is 76.4 Å². The third-order valence-electron chi connectivity index (χ3n) is 5.43. The van der Waals surface area contributed by atoms with Gasteiger partial charge in [-0.05, 0) is 50.3 Å². The largest absolute Gasteiger partial charge is 0.461 e. The van der Waals surface area contributed by atoms with Gasteiger partial charge in [0.05, 0.1) is 42.0 Å². The Morgan fingerprint density at radius 3 is 2.71 bits per heavy atom. The van der Waals surface area contributed by atoms with Crippen molar-refractivity contribution in [1.29, 1.82) is 0 Å². The van der Waals surface area contributed by atoms with Gasteiger partial charge in [-0.1, -0.05) is 6.07 Å². The Kier molecular flexibility index (Phi) is 7.18. The lowest BCUT2D eigenvalue weighted by Gasteiger charge is -2.15. The van der Waals surface area contributed by atoms with Crippen LogP contribution in [0.5, 0.6) is 6.01 Å². The van der Waals surface area contributed by atoms with Gasteiger partial charge in [0.15, 0.2) is 5.69 Å². The lowest BCUT2D eigenvalue weighted by molar-refractivity contribution is 0.0862. The van der Waals surface area contributed by atoms with Gasteiger partial charge in [-0.3, -0.25) is 9.89 Å². The van der Waals surface area contributed by atoms with Gasteiger partial charge in [-0.15, -0.1) is 0 Å². The molecule has 3 aromatic heterocycles. The number of primary amides is 1. The van der Waals surface area contributed by atoms with Crippen molar-refractivity contribution in [2.75, 3.05) is 46.2 Å². The van der Waals surface area contributed by atoms with Crippen molar-refractivity contribution >= 4 is 22.5 Å². The van der Waals surface area contributed by atoms with Crippen molar-refractivity contribution in [3.05, 3.63) is 47.9 Å². The lowest BCUT2D eigenvalue weighted by atomic mass is 9.94. The molecule has 0 aliphatic heterocycles. The number of rotatable bonds is 10. The van der Waals surface area contributed by atoms with E-state index in [0.717, 1.165) is 28.6 Å². The number of anilines is 1. The number of nitrogen functional groups attached to an aromatic ring is 1. The molecule has 35 heavy (non-hydrogen) atoms. The second-order valence-corrected chi connectivity index (χ2v) is 8.26. The normalized spacial score (nSPS) is 11.3. The number of nitrogens with zero attached hydrogens (tertiary/aromatic N) is 5. The summed E-state index contributed by atoms with van der Waals surface area (Å²) < 4.78 is 11.2. The summed E-state index contributed by atoms with van der Waals surface area (Å²) in [4.78, 5) is 27.3. The monoisotopic (exact) mass is 476 g/mol. The summed E-state index contributed by atoms with van der Waals surface area (Å²) in [5.74, 6) is -0.733. The molecule has 1 aromatic carbocycles. The zero-order valence-electron chi connectivity index (χ0n) is 19.9. The molecule has 11 nitrogen and oxygen atoms in total. The minimum atomic E-state index is -0.733. The molecule has 0 unspecified atom stereocenters. The van der Waals surface area contributed by atoms with Crippen LogP contribution >= 0.6 is 0 Å². The smallest absolute Gasteiger partial charge is 0.317 e. The first kappa shape index (κ1) is 24.0. The molecule has 5 N–H and O–H groups in total. The van der Waals surface area contributed by atoms with Crippen molar-refractivity contribution in [1.82, 2.24) is 30.0 Å². The topological polar surface area (TPSA) is 158 Å². The molecule has 0 atom stereocenters. The Balaban J connectivity index is 1.67. The van der Waals surface area contributed by atoms with E-state index in [4.69, 9.17) is 20.9 Å². The summed E-state index contributed by atoms with van der Waals surface area (Å²) in [6.07, 6.45) is 3.28. The van der Waals surface area contributed by atoms with Gasteiger partial charge in [-0.2, -0.15) is 10.1 Å². The minimum absolute atomic E-state index is 0.0345. The molecule has 0 spiro atoms. The van der Waals surface area contributed by atoms with Gasteiger partial charge in [0.2, 0.25) is 0 Å². The van der Waals surface area contributed by atoms with Crippen LogP contribution in [0.4, 0.5) is 5.69 Å². The van der Waals surface area contributed by atoms with E-state index < -0.39 is 5.91 Å². The molecule has 182 valence electrons. The Hall–Kier alpha value is -4.09. The summed E-state index contributed by atoms with van der Waals surface area (Å²) in [5, 5.41) is 7.96. The van der Waals surface area contributed by atoms with Gasteiger partial charge in [0, 0.05) is 23.7 Å². The van der Waals surface area contributed by atoms with E-state index in [1.54, 1.807) is 24.5 Å². The molecular weight excluding hydrogens is 448 g/mol. The number of pyridine rings is 1. The standard InChI is InChI=1S/C24H28N8O3/c1-14-4-5-17-16(13-28-31-17)20(14)15-12-19(29-22(21(15)25)23(26)33)18-6-7-27-24(30-18)35-11-10-34-9-8-32(2)3/h4-7,12-13H,8-11,25H2,1-3H3,(H2,26,33)(H,28,31). The number of carbonyl (C=O) groups excluding carboxylic acids is 1. The molecule has 4 aromatic rings. The molecule has 0 aliphatic rings. The van der Waals surface area contributed by atoms with Gasteiger partial charge in [0.1, 0.15) is 6.61 Å². The number of H-pyrrole nitrogens is 1. The van der Waals surface area contributed by atoms with Gasteiger partial charge in [-0.25, -0.2) is 9.97 Å². The first-order valence-corrected chi connectivity index (χ1v) is 11.1. The number of aromatic amines is 1. The highest BCUT2D eigenvalue weighted by molar-refractivity contribution is 6.05. The first-order chi connectivity index (χ1) is 16.8. The molecule has 1 amide bonds. The predicted molar refractivity (Wildman–Crippen MR) is 133 cm³/mol. The number of fused-ring (bicyclic) bond motifs is 1. The summed E-state index contributed by atoms with van der Waals surface area (Å²) >= 11 is 0. The zero-order valence-corrected chi connectivity index (χ0v) is 19.9. The predicted octanol–water partition coefficient (Wildman–Crippen LogP) is 2.03. The number of likely N-dealkylation sites (N-methyl/N-ethyl adjacent to an activating group) is 1. The molecule has 0 saturated heterocycles. The SMILES string of the molecule is Cc1ccc2[nH]ncc2c1-c1cc(-c2ccnc(OCCOCCN(C)C)n2)nc(C(N)=O)c1N. The molecule has 11 heteroatoms. The van der Waals surface area contributed by atoms with E-state index in [9.17, 15) is 4.79 Å². The number of ether oxygens (including phenoxy) is 2. The molecule has 0 saturated carbocycles. The van der Waals surface area contributed by atoms with E-state index in [2.05, 4.69) is 25.1 Å². The lowest BCUT2D eigenvalue weighted by Crippen LogP contribution is -2.19. The number of benzene rings is 1. The second kappa shape index (κ2) is 10.5. The average Bonchev–Trinajstić information content (AvgIpc) is 3.30. The summed E-state index contributed by atoms with van der Waals surface area (Å²) in [6.45, 7) is 4.10. The Morgan fingerprint density at radius 1 is 1.11 bits per heavy atom. The number of hydrogen-bond donors (Lipinski definition) is 3. The van der Waals surface area contributed by atoms with E-state index >= 15 is 0 Å². The average molecular weight is 477 g/mol. The second-order valence-electron chi connectivity index (χ2n) is 8.26. The number of nitrogens with two attached hydrogens (primary N) is 2. The molecule has 0 aliphatic carbocycles. The summed E-state index contributed by atoms with van der Waals surface area (Å²) in [7, 11) is 3.97. The van der Waals surface area contributed by atoms with Crippen LogP contribution < -0.4 is 16.2 Å². The van der Waals surface area contributed by atoms with Crippen molar-refractivity contribution < 1.29 is 14.3 Å². The number of aromatic nitrogens is 5. The molecule has 3 heterocycles. The fourth-order valence-corrected chi connectivity index (χ4v) is 3.66. The summed E-state index contributed by atoms with van der Waals surface area (Å²) in [6, 6.07) is 7.53. The number of carbonyl (C=O) groups is 1. The number of hydrogen-bond acceptors (Lipinski definition) is 9. The van der Waals surface area contributed by atoms with E-state index in [0.29, 0.717) is 36.8 Å². The van der Waals surface area contributed by atoms with Crippen molar-refractivity contribution in [2.24, 2.45) is 5.73 Å². The van der Waals surface area contributed by atoms with Crippen LogP contribution in [0.2, 0.25) is 0 Å². The third-order valence-corrected chi connectivity index (χ3v) is 5.43. The molecule has 0 fully saturated rings. The number of aryl methyl sites for hydroxylation is 1. The van der Waals surface area contributed by atoms with Crippen LogP contribution in [0.1, 0.15) is 16.1 Å². The quantitative estimate of drug-likeness (QED) is 0.291. The van der Waals surface area contributed by atoms with Crippen LogP contribution in [0.15, 0.2) is 36.7 Å². The van der Waals surface area contributed by atoms with Gasteiger partial charge < -0.3 is 25.8 Å². The van der Waals surface area contributed by atoms with Crippen LogP contribution in [-0.2, 0) is 4.74 Å². The minimum Gasteiger partial charge on any atom is -0.461 e. The number of amides is 1. The molecule has 4 rings (SSSR count). The maximum absolute atomic E-state index is 12.2. The van der Waals surface area contributed by atoms with Crippen LogP contribution in [0, 0.1) is 6.92 Å². The van der Waals surface area contributed by atoms with Crippen molar-refractivity contribution in [3.8, 4) is 28.5 Å². The zero-order chi connectivity index (χ0) is 24.9. The van der Waals surface area contributed by atoms with Crippen LogP contribution in [0.25, 0.3) is 33.4 Å². The fraction of sp³-hybridized carbons (Fsp3) is 0.292. The van der Waals surface area contributed by atoms with E-state index in [1.165, 1.54) is 0 Å². The third kappa shape index (κ3) is 5.36. The maximum Gasteiger partial charge on any atom is 0.317 e. The highest BCUT2D eigenvalue weighted by atomic mass is 16.5. The Labute approximate surface area is 202 Å². The number of nitrogens with one attached hydrogen (secondary N) is 1. The van der Waals surface area contributed by atoms with Gasteiger partial charge >= 0.3 is 6.01 Å². The molecular formula is C24H28N8O3. The maximum atomic E-state index is 12.2. The Morgan fingerprint density at radius 2 is 1.94 bits per heavy atom. The van der Waals surface area contributed by atoms with Gasteiger partial charge in [0.25, 0.3) is 5.91 Å². The molecule has 0 radical (unpaired) electrons. The molecule has 0 bridgehead atoms. The highest BCUT2D eigenvalue weighted by Gasteiger charge is 2.20. The van der Waals surface area contributed by atoms with E-state index in [-0.39, 0.29) is 17.4 Å². The fourth-order valence-electron chi connectivity index (χ4n) is 3.66. The summed E-state index contributed by atoms with van der Waals surface area (Å²) in [5.41, 5.74) is 16.3. The van der Waals surface area contributed by atoms with Crippen molar-refractivity contribution in [3.63, 3.8) is 0 Å². The van der Waals surface area contributed by atoms with Crippen LogP contribution in [0.3, 0.4) is 0 Å². The van der Waals surface area contributed by atoms with Crippen molar-refractivity contribution in [2.45, 2.75) is 6.92 Å². The Bertz CT molecular complexity index is 1350. The van der Waals surface area contributed by atoms with E-state index in [1.807, 2.05) is 38.1 Å². The first-order valence-electron chi connectivity index (χ1n) is 11.1. The highest BCUT2D eigenvalue weighted by Crippen LogP contribution is 2.37.